The number of alkyl halides is 3. The molecule has 11 nitrogen and oxygen atoms in total. The first-order valence-corrected chi connectivity index (χ1v) is 13.6. The van der Waals surface area contributed by atoms with Gasteiger partial charge in [-0.1, -0.05) is 0 Å². The van der Waals surface area contributed by atoms with Crippen LogP contribution < -0.4 is 20.1 Å². The van der Waals surface area contributed by atoms with Crippen LogP contribution in [0.1, 0.15) is 29.4 Å². The fraction of sp³-hybridized carbons (Fsp3) is 0.458. The SMILES string of the molecule is Cc1cc(NC(=O)c2c3c(cn2C)S(=O)(=O)N[C@@H]2CCN(C(=O)C(=O)N[C@@H](C)C(F)(F)F)C[C@H]2CO3)ccc1F. The van der Waals surface area contributed by atoms with Crippen LogP contribution in [0.5, 0.6) is 5.75 Å². The summed E-state index contributed by atoms with van der Waals surface area (Å²) in [5.41, 5.74) is 0.419. The molecule has 0 aliphatic carbocycles. The fourth-order valence-electron chi connectivity index (χ4n) is 4.56. The van der Waals surface area contributed by atoms with Gasteiger partial charge in [-0.3, -0.25) is 14.4 Å². The summed E-state index contributed by atoms with van der Waals surface area (Å²) in [6.07, 6.45) is -3.45. The topological polar surface area (TPSA) is 139 Å². The average molecular weight is 590 g/mol. The summed E-state index contributed by atoms with van der Waals surface area (Å²) < 4.78 is 88.1. The number of piperidine rings is 1. The number of carbonyl (C=O) groups excluding carboxylic acids is 3. The van der Waals surface area contributed by atoms with Gasteiger partial charge in [0.2, 0.25) is 10.0 Å². The Bertz CT molecular complexity index is 1460. The fourth-order valence-corrected chi connectivity index (χ4v) is 6.09. The first kappa shape index (κ1) is 29.3. The van der Waals surface area contributed by atoms with Crippen LogP contribution in [0.25, 0.3) is 0 Å². The molecule has 3 atom stereocenters. The molecule has 1 aromatic carbocycles. The van der Waals surface area contributed by atoms with Crippen molar-refractivity contribution in [3.8, 4) is 5.75 Å². The minimum atomic E-state index is -4.73. The molecule has 0 radical (unpaired) electrons. The minimum Gasteiger partial charge on any atom is -0.489 e. The number of carbonyl (C=O) groups is 3. The third-order valence-electron chi connectivity index (χ3n) is 6.83. The number of anilines is 1. The van der Waals surface area contributed by atoms with Crippen molar-refractivity contribution in [1.29, 1.82) is 0 Å². The molecule has 0 spiro atoms. The van der Waals surface area contributed by atoms with Gasteiger partial charge in [-0.15, -0.1) is 0 Å². The first-order valence-electron chi connectivity index (χ1n) is 12.2. The molecule has 2 aliphatic heterocycles. The van der Waals surface area contributed by atoms with Crippen LogP contribution in [0.4, 0.5) is 23.2 Å². The van der Waals surface area contributed by atoms with Crippen molar-refractivity contribution < 1.29 is 45.1 Å². The molecule has 3 amide bonds. The number of aryl methyl sites for hydroxylation is 2. The zero-order valence-corrected chi connectivity index (χ0v) is 22.5. The van der Waals surface area contributed by atoms with E-state index in [1.165, 1.54) is 42.9 Å². The van der Waals surface area contributed by atoms with Crippen molar-refractivity contribution in [2.45, 2.75) is 43.4 Å². The van der Waals surface area contributed by atoms with E-state index in [9.17, 15) is 40.4 Å². The lowest BCUT2D eigenvalue weighted by atomic mass is 9.93. The molecular weight excluding hydrogens is 562 g/mol. The number of amides is 3. The summed E-state index contributed by atoms with van der Waals surface area (Å²) in [6, 6.07) is 0.974. The second-order valence-electron chi connectivity index (χ2n) is 9.78. The van der Waals surface area contributed by atoms with E-state index >= 15 is 0 Å². The Hall–Kier alpha value is -3.66. The highest BCUT2D eigenvalue weighted by atomic mass is 32.2. The molecule has 2 aliphatic rings. The van der Waals surface area contributed by atoms with Crippen molar-refractivity contribution in [3.63, 3.8) is 0 Å². The Labute approximate surface area is 226 Å². The number of halogens is 4. The zero-order valence-electron chi connectivity index (χ0n) is 21.6. The van der Waals surface area contributed by atoms with Crippen molar-refractivity contribution in [3.05, 3.63) is 41.5 Å². The van der Waals surface area contributed by atoms with Crippen LogP contribution in [0, 0.1) is 18.7 Å². The summed E-state index contributed by atoms with van der Waals surface area (Å²) in [6.45, 7) is 1.78. The van der Waals surface area contributed by atoms with Crippen LogP contribution in [-0.2, 0) is 26.7 Å². The Morgan fingerprint density at radius 1 is 1.23 bits per heavy atom. The lowest BCUT2D eigenvalue weighted by molar-refractivity contribution is -0.162. The van der Waals surface area contributed by atoms with Crippen LogP contribution in [0.3, 0.4) is 0 Å². The van der Waals surface area contributed by atoms with E-state index in [4.69, 9.17) is 4.74 Å². The molecule has 0 bridgehead atoms. The smallest absolute Gasteiger partial charge is 0.408 e. The summed E-state index contributed by atoms with van der Waals surface area (Å²) in [5.74, 6) is -4.75. The van der Waals surface area contributed by atoms with Crippen molar-refractivity contribution >= 4 is 33.4 Å². The van der Waals surface area contributed by atoms with E-state index < -0.39 is 57.7 Å². The maximum absolute atomic E-state index is 13.6. The van der Waals surface area contributed by atoms with Crippen LogP contribution >= 0.6 is 0 Å². The molecule has 3 heterocycles. The molecular formula is C24H27F4N5O6S. The summed E-state index contributed by atoms with van der Waals surface area (Å²) >= 11 is 0. The van der Waals surface area contributed by atoms with Crippen LogP contribution in [0.15, 0.2) is 29.3 Å². The van der Waals surface area contributed by atoms with Gasteiger partial charge in [0.1, 0.15) is 16.8 Å². The first-order chi connectivity index (χ1) is 18.6. The maximum atomic E-state index is 13.6. The number of hydrogen-bond acceptors (Lipinski definition) is 6. The van der Waals surface area contributed by atoms with Gasteiger partial charge in [0.05, 0.1) is 6.61 Å². The number of fused-ring (bicyclic) bond motifs is 2. The van der Waals surface area contributed by atoms with Gasteiger partial charge in [0, 0.05) is 44.0 Å². The Morgan fingerprint density at radius 3 is 2.58 bits per heavy atom. The quantitative estimate of drug-likeness (QED) is 0.368. The van der Waals surface area contributed by atoms with Crippen LogP contribution in [-0.4, -0.2) is 73.6 Å². The van der Waals surface area contributed by atoms with E-state index in [0.717, 1.165) is 4.90 Å². The Balaban J connectivity index is 1.54. The summed E-state index contributed by atoms with van der Waals surface area (Å²) in [5, 5.41) is 4.21. The highest BCUT2D eigenvalue weighted by Crippen LogP contribution is 2.35. The molecule has 1 aromatic heterocycles. The predicted octanol–water partition coefficient (Wildman–Crippen LogP) is 1.68. The van der Waals surface area contributed by atoms with E-state index in [-0.39, 0.29) is 53.7 Å². The number of likely N-dealkylation sites (tertiary alicyclic amines) is 1. The van der Waals surface area contributed by atoms with Crippen molar-refractivity contribution in [2.75, 3.05) is 25.0 Å². The molecule has 4 rings (SSSR count). The van der Waals surface area contributed by atoms with Gasteiger partial charge >= 0.3 is 18.0 Å². The summed E-state index contributed by atoms with van der Waals surface area (Å²) in [4.78, 5) is 38.6. The largest absolute Gasteiger partial charge is 0.489 e. The molecule has 0 saturated carbocycles. The molecule has 0 unspecified atom stereocenters. The van der Waals surface area contributed by atoms with Gasteiger partial charge in [-0.25, -0.2) is 17.5 Å². The van der Waals surface area contributed by atoms with Gasteiger partial charge in [0.25, 0.3) is 5.91 Å². The molecule has 2 aromatic rings. The van der Waals surface area contributed by atoms with Gasteiger partial charge in [0.15, 0.2) is 11.4 Å². The molecule has 16 heteroatoms. The van der Waals surface area contributed by atoms with Gasteiger partial charge in [-0.2, -0.15) is 13.2 Å². The second kappa shape index (κ2) is 10.7. The predicted molar refractivity (Wildman–Crippen MR) is 132 cm³/mol. The van der Waals surface area contributed by atoms with Crippen molar-refractivity contribution in [2.24, 2.45) is 13.0 Å². The maximum Gasteiger partial charge on any atom is 0.408 e. The van der Waals surface area contributed by atoms with Crippen molar-refractivity contribution in [1.82, 2.24) is 19.5 Å². The number of hydrogen-bond donors (Lipinski definition) is 3. The van der Waals surface area contributed by atoms with E-state index in [1.54, 1.807) is 5.32 Å². The number of sulfonamides is 1. The highest BCUT2D eigenvalue weighted by molar-refractivity contribution is 7.89. The third-order valence-corrected chi connectivity index (χ3v) is 8.31. The number of ether oxygens (including phenoxy) is 1. The monoisotopic (exact) mass is 589 g/mol. The number of nitrogens with one attached hydrogen (secondary N) is 3. The van der Waals surface area contributed by atoms with Gasteiger partial charge < -0.3 is 24.8 Å². The highest BCUT2D eigenvalue weighted by Gasteiger charge is 2.42. The molecule has 1 fully saturated rings. The normalized spacial score (nSPS) is 21.1. The van der Waals surface area contributed by atoms with Gasteiger partial charge in [-0.05, 0) is 44.0 Å². The number of rotatable bonds is 3. The minimum absolute atomic E-state index is 0.0700. The summed E-state index contributed by atoms with van der Waals surface area (Å²) in [7, 11) is -2.77. The lowest BCUT2D eigenvalue weighted by Gasteiger charge is -2.39. The lowest BCUT2D eigenvalue weighted by Crippen LogP contribution is -2.57. The second-order valence-corrected chi connectivity index (χ2v) is 11.5. The molecule has 3 N–H and O–H groups in total. The number of nitrogens with zero attached hydrogens (tertiary/aromatic N) is 2. The van der Waals surface area contributed by atoms with Crippen LogP contribution in [0.2, 0.25) is 0 Å². The third kappa shape index (κ3) is 5.91. The molecule has 40 heavy (non-hydrogen) atoms. The number of benzene rings is 1. The Kier molecular flexibility index (Phi) is 7.86. The number of aromatic nitrogens is 1. The van der Waals surface area contributed by atoms with E-state index in [2.05, 4.69) is 10.0 Å². The molecule has 1 saturated heterocycles. The Morgan fingerprint density at radius 2 is 1.93 bits per heavy atom. The van der Waals surface area contributed by atoms with E-state index in [0.29, 0.717) is 6.92 Å². The average Bonchev–Trinajstić information content (AvgIpc) is 3.20. The standard InChI is InChI=1S/C24H27F4N5O6S/c1-12-8-15(4-5-16(12)25)30-21(34)19-20-18(10-32(19)3)40(37,38)31-17-6-7-33(9-14(17)11-39-20)23(36)22(35)29-13(2)24(26,27)28/h4-5,8,10,13-14,17,31H,6-7,9,11H2,1-3H3,(H,29,35)(H,30,34)/t13-,14-,17+/m0/s1. The molecule has 218 valence electrons. The van der Waals surface area contributed by atoms with E-state index in [1.807, 2.05) is 0 Å². The zero-order chi connectivity index (χ0) is 29.6.